The molecule has 0 aliphatic carbocycles. The summed E-state index contributed by atoms with van der Waals surface area (Å²) >= 11 is 0. The van der Waals surface area contributed by atoms with E-state index >= 15 is 0 Å². The van der Waals surface area contributed by atoms with Crippen molar-refractivity contribution in [3.05, 3.63) is 11.4 Å². The minimum absolute atomic E-state index is 0.640. The van der Waals surface area contributed by atoms with Crippen molar-refractivity contribution in [3.8, 4) is 0 Å². The van der Waals surface area contributed by atoms with Gasteiger partial charge in [-0.3, -0.25) is 0 Å². The summed E-state index contributed by atoms with van der Waals surface area (Å²) in [5.74, 6) is 0. The van der Waals surface area contributed by atoms with Crippen molar-refractivity contribution >= 4 is 16.1 Å². The molecule has 0 aromatic carbocycles. The maximum atomic E-state index is 7.87. The molecule has 0 N–H and O–H groups in total. The van der Waals surface area contributed by atoms with E-state index in [1.54, 1.807) is 0 Å². The Hall–Kier alpha value is 0.174. The number of rotatable bonds is 2. The predicted molar refractivity (Wildman–Crippen MR) is 55.8 cm³/mol. The quantitative estimate of drug-likeness (QED) is 0.564. The van der Waals surface area contributed by atoms with Crippen LogP contribution in [0.1, 0.15) is 2.74 Å². The molecule has 0 bridgehead atoms. The van der Waals surface area contributed by atoms with Crippen molar-refractivity contribution in [2.45, 2.75) is 39.3 Å². The Kier molecular flexibility index (Phi) is 2.09. The Morgan fingerprint density at radius 2 is 1.00 bits per heavy atom. The highest BCUT2D eigenvalue weighted by Crippen LogP contribution is 2.07. The van der Waals surface area contributed by atoms with E-state index in [0.29, 0.717) is 11.4 Å². The lowest BCUT2D eigenvalue weighted by molar-refractivity contribution is 1.73. The highest BCUT2D eigenvalue weighted by atomic mass is 28.3. The first-order chi connectivity index (χ1) is 5.07. The zero-order chi connectivity index (χ0) is 10.2. The predicted octanol–water partition coefficient (Wildman–Crippen LogP) is 3.30. The Bertz CT molecular complexity index is 174. The van der Waals surface area contributed by atoms with E-state index in [1.807, 2.05) is 0 Å². The van der Waals surface area contributed by atoms with Crippen molar-refractivity contribution in [2.75, 3.05) is 0 Å². The van der Waals surface area contributed by atoms with Crippen LogP contribution in [0.5, 0.6) is 0 Å². The normalized spacial score (nSPS) is 19.4. The monoisotopic (exact) mass is 174 g/mol. The first-order valence-electron chi connectivity index (χ1n) is 4.75. The van der Waals surface area contributed by atoms with Gasteiger partial charge in [-0.05, 0) is 0 Å². The molecule has 0 aliphatic rings. The highest BCUT2D eigenvalue weighted by molar-refractivity contribution is 6.86. The average Bonchev–Trinajstić information content (AvgIpc) is 1.80. The summed E-state index contributed by atoms with van der Waals surface area (Å²) in [6.45, 7) is 12.8. The van der Waals surface area contributed by atoms with Gasteiger partial charge in [0.2, 0.25) is 0 Å². The highest BCUT2D eigenvalue weighted by Gasteiger charge is 2.12. The van der Waals surface area contributed by atoms with Gasteiger partial charge in [-0.1, -0.05) is 39.3 Å². The van der Waals surface area contributed by atoms with Crippen molar-refractivity contribution in [3.63, 3.8) is 0 Å². The third kappa shape index (κ3) is 8.17. The second-order valence-electron chi connectivity index (χ2n) is 4.75. The van der Waals surface area contributed by atoms with Crippen LogP contribution in [-0.2, 0) is 0 Å². The Morgan fingerprint density at radius 1 is 0.800 bits per heavy atom. The summed E-state index contributed by atoms with van der Waals surface area (Å²) in [6, 6.07) is 0. The van der Waals surface area contributed by atoms with Gasteiger partial charge < -0.3 is 0 Å². The van der Waals surface area contributed by atoms with Crippen LogP contribution in [0.4, 0.5) is 0 Å². The topological polar surface area (TPSA) is 0 Å². The lowest BCUT2D eigenvalue weighted by Gasteiger charge is -2.13. The minimum Gasteiger partial charge on any atom is -0.103 e. The molecule has 0 amide bonds. The van der Waals surface area contributed by atoms with Crippen LogP contribution in [0.15, 0.2) is 11.4 Å². The summed E-state index contributed by atoms with van der Waals surface area (Å²) in [7, 11) is -3.08. The van der Waals surface area contributed by atoms with Gasteiger partial charge >= 0.3 is 0 Å². The number of hydrogen-bond donors (Lipinski definition) is 0. The molecular weight excluding hydrogens is 152 g/mol. The molecule has 0 spiro atoms. The second-order valence-corrected chi connectivity index (χ2v) is 14.2. The van der Waals surface area contributed by atoms with Gasteiger partial charge in [0.15, 0.2) is 0 Å². The summed E-state index contributed by atoms with van der Waals surface area (Å²) in [4.78, 5) is 0. The Balaban J connectivity index is 4.96. The molecule has 60 valence electrons. The Morgan fingerprint density at radius 3 is 1.10 bits per heavy atom. The van der Waals surface area contributed by atoms with Gasteiger partial charge in [0.1, 0.15) is 0 Å². The smallest absolute Gasteiger partial charge is 0.0677 e. The van der Waals surface area contributed by atoms with E-state index in [9.17, 15) is 0 Å². The second kappa shape index (κ2) is 3.05. The van der Waals surface area contributed by atoms with Crippen LogP contribution >= 0.6 is 0 Å². The minimum atomic E-state index is -1.54. The maximum absolute atomic E-state index is 7.87. The molecule has 0 aromatic rings. The maximum Gasteiger partial charge on any atom is 0.0677 e. The zero-order valence-corrected chi connectivity index (χ0v) is 10.0. The van der Waals surface area contributed by atoms with Crippen LogP contribution in [0, 0.1) is 0 Å². The summed E-state index contributed by atoms with van der Waals surface area (Å²) in [5, 5.41) is 0. The van der Waals surface area contributed by atoms with Crippen molar-refractivity contribution in [2.24, 2.45) is 0 Å². The lowest BCUT2D eigenvalue weighted by Crippen LogP contribution is -2.21. The van der Waals surface area contributed by atoms with E-state index < -0.39 is 16.1 Å². The fourth-order valence-corrected chi connectivity index (χ4v) is 3.38. The number of hydrogen-bond acceptors (Lipinski definition) is 0. The molecule has 0 aliphatic heterocycles. The van der Waals surface area contributed by atoms with Gasteiger partial charge in [-0.2, -0.15) is 0 Å². The third-order valence-electron chi connectivity index (χ3n) is 0.812. The van der Waals surface area contributed by atoms with Crippen LogP contribution < -0.4 is 0 Å². The molecule has 2 heteroatoms. The molecule has 0 aromatic heterocycles. The molecule has 0 fully saturated rings. The fourth-order valence-electron chi connectivity index (χ4n) is 0.375. The third-order valence-corrected chi connectivity index (χ3v) is 2.81. The summed E-state index contributed by atoms with van der Waals surface area (Å²) < 4.78 is 15.7. The van der Waals surface area contributed by atoms with Gasteiger partial charge in [-0.25, -0.2) is 0 Å². The molecule has 0 rings (SSSR count). The van der Waals surface area contributed by atoms with Crippen LogP contribution in [0.3, 0.4) is 0 Å². The molecule has 0 unspecified atom stereocenters. The molecule has 0 heterocycles. The van der Waals surface area contributed by atoms with E-state index in [4.69, 9.17) is 2.74 Å². The molecule has 0 atom stereocenters. The van der Waals surface area contributed by atoms with Gasteiger partial charge in [0.05, 0.1) is 18.9 Å². The van der Waals surface area contributed by atoms with Crippen LogP contribution in [-0.4, -0.2) is 16.1 Å². The summed E-state index contributed by atoms with van der Waals surface area (Å²) in [6.07, 6.45) is 0. The van der Waals surface area contributed by atoms with Crippen LogP contribution in [0.25, 0.3) is 0 Å². The van der Waals surface area contributed by atoms with Gasteiger partial charge in [-0.15, -0.1) is 11.4 Å². The standard InChI is InChI=1S/C8H20Si2/c1-9(2,3)7-8-10(4,5)6/h7-8H,1-6H3/b8-7-/i7D,8D. The van der Waals surface area contributed by atoms with Crippen molar-refractivity contribution in [1.29, 1.82) is 0 Å². The molecule has 0 saturated heterocycles. The Labute approximate surface area is 70.2 Å². The molecule has 0 nitrogen and oxygen atoms in total. The van der Waals surface area contributed by atoms with Crippen molar-refractivity contribution < 1.29 is 2.74 Å². The average molecular weight is 174 g/mol. The SMILES string of the molecule is [2H]/C(=C(\[2H])[Si](C)(C)C)[Si](C)(C)C. The molecule has 0 saturated carbocycles. The van der Waals surface area contributed by atoms with Gasteiger partial charge in [0.25, 0.3) is 0 Å². The van der Waals surface area contributed by atoms with Crippen molar-refractivity contribution in [1.82, 2.24) is 0 Å². The summed E-state index contributed by atoms with van der Waals surface area (Å²) in [5.41, 5.74) is 1.28. The van der Waals surface area contributed by atoms with E-state index in [2.05, 4.69) is 39.3 Å². The molecular formula is C8H20Si2. The van der Waals surface area contributed by atoms with Gasteiger partial charge in [0, 0.05) is 0 Å². The lowest BCUT2D eigenvalue weighted by atomic mass is 11.2. The van der Waals surface area contributed by atoms with E-state index in [1.165, 1.54) is 0 Å². The van der Waals surface area contributed by atoms with E-state index in [0.717, 1.165) is 0 Å². The van der Waals surface area contributed by atoms with E-state index in [-0.39, 0.29) is 0 Å². The zero-order valence-electron chi connectivity index (χ0n) is 10.0. The molecule has 0 radical (unpaired) electrons. The first kappa shape index (κ1) is 6.86. The fraction of sp³-hybridized carbons (Fsp3) is 0.750. The molecule has 10 heavy (non-hydrogen) atoms. The largest absolute Gasteiger partial charge is 0.103 e. The van der Waals surface area contributed by atoms with Crippen LogP contribution in [0.2, 0.25) is 39.3 Å². The first-order valence-corrected chi connectivity index (χ1v) is 10.8.